The first-order valence-electron chi connectivity index (χ1n) is 6.87. The summed E-state index contributed by atoms with van der Waals surface area (Å²) in [7, 11) is 0. The van der Waals surface area contributed by atoms with Crippen LogP contribution in [-0.4, -0.2) is 6.54 Å². The summed E-state index contributed by atoms with van der Waals surface area (Å²) < 4.78 is 1.12. The maximum Gasteiger partial charge on any atom is 0.0216 e. The molecule has 0 radical (unpaired) electrons. The molecule has 0 aliphatic carbocycles. The minimum Gasteiger partial charge on any atom is -0.312 e. The molecule has 0 heterocycles. The standard InChI is InChI=1S/C17H20BrNS/c1-13(2)11-19-12-14-5-3-4-6-17(14)20-16-9-7-15(18)8-10-16/h3-10,13,19H,11-12H2,1-2H3. The molecule has 0 unspecified atom stereocenters. The second-order valence-electron chi connectivity index (χ2n) is 5.19. The number of halogens is 1. The molecule has 0 atom stereocenters. The molecule has 2 rings (SSSR count). The predicted molar refractivity (Wildman–Crippen MR) is 91.3 cm³/mol. The van der Waals surface area contributed by atoms with E-state index in [1.54, 1.807) is 0 Å². The first kappa shape index (κ1) is 15.6. The van der Waals surface area contributed by atoms with E-state index < -0.39 is 0 Å². The Balaban J connectivity index is 2.05. The Kier molecular flexibility index (Phi) is 6.14. The first-order chi connectivity index (χ1) is 9.65. The van der Waals surface area contributed by atoms with Crippen molar-refractivity contribution in [2.24, 2.45) is 5.92 Å². The van der Waals surface area contributed by atoms with Gasteiger partial charge in [-0.05, 0) is 48.4 Å². The molecule has 2 aromatic rings. The molecule has 20 heavy (non-hydrogen) atoms. The van der Waals surface area contributed by atoms with Gasteiger partial charge >= 0.3 is 0 Å². The molecular formula is C17H20BrNS. The van der Waals surface area contributed by atoms with E-state index in [9.17, 15) is 0 Å². The highest BCUT2D eigenvalue weighted by Gasteiger charge is 2.04. The largest absolute Gasteiger partial charge is 0.312 e. The van der Waals surface area contributed by atoms with E-state index in [0.717, 1.165) is 17.6 Å². The third-order valence-electron chi connectivity index (χ3n) is 2.88. The first-order valence-corrected chi connectivity index (χ1v) is 8.48. The van der Waals surface area contributed by atoms with Gasteiger partial charge in [-0.1, -0.05) is 59.7 Å². The average molecular weight is 350 g/mol. The monoisotopic (exact) mass is 349 g/mol. The summed E-state index contributed by atoms with van der Waals surface area (Å²) in [6.45, 7) is 6.44. The van der Waals surface area contributed by atoms with E-state index >= 15 is 0 Å². The molecule has 0 fully saturated rings. The van der Waals surface area contributed by atoms with Crippen LogP contribution in [0.4, 0.5) is 0 Å². The summed E-state index contributed by atoms with van der Waals surface area (Å²) in [6.07, 6.45) is 0. The molecule has 0 spiro atoms. The minimum atomic E-state index is 0.682. The second-order valence-corrected chi connectivity index (χ2v) is 7.22. The van der Waals surface area contributed by atoms with Gasteiger partial charge in [0.25, 0.3) is 0 Å². The summed E-state index contributed by atoms with van der Waals surface area (Å²) in [6, 6.07) is 17.1. The molecular weight excluding hydrogens is 330 g/mol. The number of nitrogens with one attached hydrogen (secondary N) is 1. The zero-order valence-electron chi connectivity index (χ0n) is 11.9. The normalized spacial score (nSPS) is 11.0. The lowest BCUT2D eigenvalue weighted by atomic mass is 10.2. The number of rotatable bonds is 6. The summed E-state index contributed by atoms with van der Waals surface area (Å²) in [5.41, 5.74) is 1.36. The van der Waals surface area contributed by atoms with Gasteiger partial charge in [0.05, 0.1) is 0 Å². The molecule has 0 saturated carbocycles. The van der Waals surface area contributed by atoms with Crippen molar-refractivity contribution in [1.82, 2.24) is 5.32 Å². The van der Waals surface area contributed by atoms with Crippen molar-refractivity contribution in [2.45, 2.75) is 30.2 Å². The van der Waals surface area contributed by atoms with Gasteiger partial charge in [-0.25, -0.2) is 0 Å². The van der Waals surface area contributed by atoms with Gasteiger partial charge in [0, 0.05) is 20.8 Å². The maximum atomic E-state index is 3.52. The number of hydrogen-bond donors (Lipinski definition) is 1. The molecule has 0 saturated heterocycles. The van der Waals surface area contributed by atoms with E-state index in [-0.39, 0.29) is 0 Å². The van der Waals surface area contributed by atoms with Crippen LogP contribution < -0.4 is 5.32 Å². The highest BCUT2D eigenvalue weighted by molar-refractivity contribution is 9.10. The number of benzene rings is 2. The van der Waals surface area contributed by atoms with Gasteiger partial charge in [0.2, 0.25) is 0 Å². The molecule has 0 amide bonds. The van der Waals surface area contributed by atoms with Crippen LogP contribution in [0.2, 0.25) is 0 Å². The third-order valence-corrected chi connectivity index (χ3v) is 4.54. The van der Waals surface area contributed by atoms with E-state index in [4.69, 9.17) is 0 Å². The molecule has 0 bridgehead atoms. The van der Waals surface area contributed by atoms with Crippen molar-refractivity contribution in [3.05, 3.63) is 58.6 Å². The summed E-state index contributed by atoms with van der Waals surface area (Å²) >= 11 is 5.29. The second kappa shape index (κ2) is 7.87. The van der Waals surface area contributed by atoms with Crippen molar-refractivity contribution < 1.29 is 0 Å². The van der Waals surface area contributed by atoms with Crippen LogP contribution in [0.25, 0.3) is 0 Å². The molecule has 1 N–H and O–H groups in total. The fraction of sp³-hybridized carbons (Fsp3) is 0.294. The lowest BCUT2D eigenvalue weighted by molar-refractivity contribution is 0.550. The lowest BCUT2D eigenvalue weighted by Crippen LogP contribution is -2.19. The van der Waals surface area contributed by atoms with Crippen molar-refractivity contribution in [3.63, 3.8) is 0 Å². The Labute approximate surface area is 134 Å². The van der Waals surface area contributed by atoms with Crippen LogP contribution in [0, 0.1) is 5.92 Å². The highest BCUT2D eigenvalue weighted by atomic mass is 79.9. The topological polar surface area (TPSA) is 12.0 Å². The van der Waals surface area contributed by atoms with E-state index in [2.05, 4.69) is 83.6 Å². The minimum absolute atomic E-state index is 0.682. The van der Waals surface area contributed by atoms with Crippen LogP contribution >= 0.6 is 27.7 Å². The number of hydrogen-bond acceptors (Lipinski definition) is 2. The van der Waals surface area contributed by atoms with Gasteiger partial charge in [-0.15, -0.1) is 0 Å². The molecule has 1 nitrogen and oxygen atoms in total. The van der Waals surface area contributed by atoms with Crippen LogP contribution in [0.5, 0.6) is 0 Å². The van der Waals surface area contributed by atoms with Crippen molar-refractivity contribution in [1.29, 1.82) is 0 Å². The van der Waals surface area contributed by atoms with Gasteiger partial charge < -0.3 is 5.32 Å². The van der Waals surface area contributed by atoms with Crippen molar-refractivity contribution in [3.8, 4) is 0 Å². The van der Waals surface area contributed by atoms with Gasteiger partial charge in [0.1, 0.15) is 0 Å². The quantitative estimate of drug-likeness (QED) is 0.754. The zero-order valence-corrected chi connectivity index (χ0v) is 14.3. The Morgan fingerprint density at radius 2 is 1.75 bits per heavy atom. The summed E-state index contributed by atoms with van der Waals surface area (Å²) in [4.78, 5) is 2.59. The predicted octanol–water partition coefficient (Wildman–Crippen LogP) is 5.35. The maximum absolute atomic E-state index is 3.52. The Morgan fingerprint density at radius 3 is 2.45 bits per heavy atom. The van der Waals surface area contributed by atoms with Gasteiger partial charge in [-0.3, -0.25) is 0 Å². The molecule has 0 aromatic heterocycles. The average Bonchev–Trinajstić information content (AvgIpc) is 2.43. The van der Waals surface area contributed by atoms with Crippen LogP contribution in [-0.2, 0) is 6.54 Å². The zero-order chi connectivity index (χ0) is 14.4. The Morgan fingerprint density at radius 1 is 1.05 bits per heavy atom. The summed E-state index contributed by atoms with van der Waals surface area (Å²) in [5, 5.41) is 3.52. The van der Waals surface area contributed by atoms with Crippen molar-refractivity contribution in [2.75, 3.05) is 6.54 Å². The Hall–Kier alpha value is -0.770. The lowest BCUT2D eigenvalue weighted by Gasteiger charge is -2.11. The van der Waals surface area contributed by atoms with E-state index in [0.29, 0.717) is 5.92 Å². The SMILES string of the molecule is CC(C)CNCc1ccccc1Sc1ccc(Br)cc1. The van der Waals surface area contributed by atoms with E-state index in [1.165, 1.54) is 15.4 Å². The Bertz CT molecular complexity index is 537. The van der Waals surface area contributed by atoms with Gasteiger partial charge in [-0.2, -0.15) is 0 Å². The van der Waals surface area contributed by atoms with E-state index in [1.807, 2.05) is 11.8 Å². The van der Waals surface area contributed by atoms with Gasteiger partial charge in [0.15, 0.2) is 0 Å². The van der Waals surface area contributed by atoms with Crippen LogP contribution in [0.3, 0.4) is 0 Å². The highest BCUT2D eigenvalue weighted by Crippen LogP contribution is 2.31. The fourth-order valence-electron chi connectivity index (χ4n) is 1.87. The molecule has 2 aromatic carbocycles. The smallest absolute Gasteiger partial charge is 0.0216 e. The molecule has 106 valence electrons. The van der Waals surface area contributed by atoms with Crippen molar-refractivity contribution >= 4 is 27.7 Å². The third kappa shape index (κ3) is 4.97. The molecule has 0 aliphatic heterocycles. The fourth-order valence-corrected chi connectivity index (χ4v) is 3.08. The summed E-state index contributed by atoms with van der Waals surface area (Å²) in [5.74, 6) is 0.682. The molecule has 0 aliphatic rings. The van der Waals surface area contributed by atoms with Crippen LogP contribution in [0.15, 0.2) is 62.8 Å². The molecule has 3 heteroatoms. The van der Waals surface area contributed by atoms with Crippen LogP contribution in [0.1, 0.15) is 19.4 Å².